The van der Waals surface area contributed by atoms with Crippen molar-refractivity contribution in [2.45, 2.75) is 12.1 Å². The van der Waals surface area contributed by atoms with Gasteiger partial charge in [0.1, 0.15) is 0 Å². The first-order valence-electron chi connectivity index (χ1n) is 6.55. The first-order chi connectivity index (χ1) is 9.13. The van der Waals surface area contributed by atoms with E-state index in [2.05, 4.69) is 4.90 Å². The van der Waals surface area contributed by atoms with E-state index in [0.717, 1.165) is 13.1 Å². The highest BCUT2D eigenvalue weighted by molar-refractivity contribution is 5.82. The van der Waals surface area contributed by atoms with Crippen molar-refractivity contribution in [1.82, 2.24) is 9.80 Å². The van der Waals surface area contributed by atoms with Gasteiger partial charge in [-0.1, -0.05) is 30.3 Å². The molecule has 2 unspecified atom stereocenters. The van der Waals surface area contributed by atoms with Gasteiger partial charge >= 0.3 is 0 Å². The maximum Gasteiger partial charge on any atom is 0.256 e. The van der Waals surface area contributed by atoms with Gasteiger partial charge in [-0.15, -0.1) is 0 Å². The Morgan fingerprint density at radius 3 is 2.74 bits per heavy atom. The lowest BCUT2D eigenvalue weighted by Gasteiger charge is -2.40. The molecule has 104 valence electrons. The number of rotatable bonds is 3. The highest BCUT2D eigenvalue weighted by Gasteiger charge is 2.32. The maximum absolute atomic E-state index is 12.4. The van der Waals surface area contributed by atoms with Crippen molar-refractivity contribution in [3.8, 4) is 0 Å². The van der Waals surface area contributed by atoms with Crippen LogP contribution in [0.1, 0.15) is 11.7 Å². The van der Waals surface area contributed by atoms with Gasteiger partial charge in [0.25, 0.3) is 5.91 Å². The molecule has 1 aromatic rings. The van der Waals surface area contributed by atoms with Gasteiger partial charge < -0.3 is 20.6 Å². The van der Waals surface area contributed by atoms with Crippen LogP contribution in [0.2, 0.25) is 0 Å². The molecule has 1 aliphatic heterocycles. The van der Waals surface area contributed by atoms with Crippen molar-refractivity contribution in [3.63, 3.8) is 0 Å². The Morgan fingerprint density at radius 1 is 1.42 bits per heavy atom. The minimum atomic E-state index is -1.10. The van der Waals surface area contributed by atoms with Crippen LogP contribution in [-0.2, 0) is 4.79 Å². The van der Waals surface area contributed by atoms with E-state index in [4.69, 9.17) is 5.73 Å². The monoisotopic (exact) mass is 263 g/mol. The second-order valence-electron chi connectivity index (χ2n) is 5.00. The fraction of sp³-hybridized carbons (Fsp3) is 0.500. The molecule has 0 aliphatic carbocycles. The molecule has 1 amide bonds. The van der Waals surface area contributed by atoms with Crippen molar-refractivity contribution >= 4 is 5.91 Å². The topological polar surface area (TPSA) is 69.8 Å². The summed E-state index contributed by atoms with van der Waals surface area (Å²) >= 11 is 0. The van der Waals surface area contributed by atoms with E-state index in [1.807, 2.05) is 25.2 Å². The molecule has 1 fully saturated rings. The van der Waals surface area contributed by atoms with Gasteiger partial charge in [-0.25, -0.2) is 0 Å². The van der Waals surface area contributed by atoms with Crippen LogP contribution in [0.4, 0.5) is 0 Å². The molecule has 1 aliphatic rings. The first kappa shape index (κ1) is 14.0. The standard InChI is InChI=1S/C14H21N3O2/c1-16-7-8-17(12(9-15)10-16)14(19)13(18)11-5-3-2-4-6-11/h2-6,12-13,18H,7-10,15H2,1H3. The summed E-state index contributed by atoms with van der Waals surface area (Å²) in [6.07, 6.45) is -1.10. The molecule has 0 radical (unpaired) electrons. The van der Waals surface area contributed by atoms with Gasteiger partial charge in [-0.3, -0.25) is 4.79 Å². The van der Waals surface area contributed by atoms with Crippen LogP contribution in [0.3, 0.4) is 0 Å². The maximum atomic E-state index is 12.4. The van der Waals surface area contributed by atoms with E-state index in [0.29, 0.717) is 18.7 Å². The molecular weight excluding hydrogens is 242 g/mol. The van der Waals surface area contributed by atoms with Crippen molar-refractivity contribution in [1.29, 1.82) is 0 Å². The fourth-order valence-corrected chi connectivity index (χ4v) is 2.44. The van der Waals surface area contributed by atoms with E-state index in [-0.39, 0.29) is 11.9 Å². The Balaban J connectivity index is 2.10. The highest BCUT2D eigenvalue weighted by atomic mass is 16.3. The molecule has 0 aromatic heterocycles. The highest BCUT2D eigenvalue weighted by Crippen LogP contribution is 2.18. The lowest BCUT2D eigenvalue weighted by Crippen LogP contribution is -2.57. The second-order valence-corrected chi connectivity index (χ2v) is 5.00. The summed E-state index contributed by atoms with van der Waals surface area (Å²) in [5.74, 6) is -0.255. The molecule has 0 spiro atoms. The van der Waals surface area contributed by atoms with E-state index < -0.39 is 6.10 Å². The average molecular weight is 263 g/mol. The van der Waals surface area contributed by atoms with Gasteiger partial charge in [-0.05, 0) is 12.6 Å². The molecule has 2 atom stereocenters. The average Bonchev–Trinajstić information content (AvgIpc) is 2.46. The van der Waals surface area contributed by atoms with Crippen molar-refractivity contribution in [2.24, 2.45) is 5.73 Å². The van der Waals surface area contributed by atoms with Crippen LogP contribution >= 0.6 is 0 Å². The third kappa shape index (κ3) is 3.12. The number of aliphatic hydroxyl groups excluding tert-OH is 1. The smallest absolute Gasteiger partial charge is 0.256 e. The van der Waals surface area contributed by atoms with Gasteiger partial charge in [0, 0.05) is 26.2 Å². The quantitative estimate of drug-likeness (QED) is 0.794. The van der Waals surface area contributed by atoms with Gasteiger partial charge in [0.05, 0.1) is 6.04 Å². The molecule has 19 heavy (non-hydrogen) atoms. The number of amides is 1. The van der Waals surface area contributed by atoms with Crippen LogP contribution in [0.15, 0.2) is 30.3 Å². The predicted octanol–water partition coefficient (Wildman–Crippen LogP) is -0.179. The van der Waals surface area contributed by atoms with Crippen LogP contribution < -0.4 is 5.73 Å². The van der Waals surface area contributed by atoms with Crippen molar-refractivity contribution < 1.29 is 9.90 Å². The molecule has 5 nitrogen and oxygen atoms in total. The Morgan fingerprint density at radius 2 is 2.11 bits per heavy atom. The molecule has 3 N–H and O–H groups in total. The molecule has 2 rings (SSSR count). The summed E-state index contributed by atoms with van der Waals surface area (Å²) in [6.45, 7) is 2.59. The van der Waals surface area contributed by atoms with Gasteiger partial charge in [-0.2, -0.15) is 0 Å². The van der Waals surface area contributed by atoms with Crippen molar-refractivity contribution in [3.05, 3.63) is 35.9 Å². The summed E-state index contributed by atoms with van der Waals surface area (Å²) in [4.78, 5) is 16.2. The summed E-state index contributed by atoms with van der Waals surface area (Å²) < 4.78 is 0. The zero-order valence-corrected chi connectivity index (χ0v) is 11.2. The third-order valence-corrected chi connectivity index (χ3v) is 3.59. The number of hydrogen-bond donors (Lipinski definition) is 2. The Labute approximate surface area is 113 Å². The van der Waals surface area contributed by atoms with E-state index >= 15 is 0 Å². The molecule has 0 bridgehead atoms. The van der Waals surface area contributed by atoms with E-state index in [1.165, 1.54) is 0 Å². The Kier molecular flexibility index (Phi) is 4.52. The lowest BCUT2D eigenvalue weighted by atomic mass is 10.1. The number of carbonyl (C=O) groups is 1. The second kappa shape index (κ2) is 6.14. The number of carbonyl (C=O) groups excluding carboxylic acids is 1. The first-order valence-corrected chi connectivity index (χ1v) is 6.55. The van der Waals surface area contributed by atoms with Crippen LogP contribution in [0.5, 0.6) is 0 Å². The number of hydrogen-bond acceptors (Lipinski definition) is 4. The van der Waals surface area contributed by atoms with Crippen LogP contribution in [-0.4, -0.2) is 60.1 Å². The summed E-state index contributed by atoms with van der Waals surface area (Å²) in [5.41, 5.74) is 6.36. The molecule has 1 saturated heterocycles. The number of aliphatic hydroxyl groups is 1. The Bertz CT molecular complexity index is 424. The largest absolute Gasteiger partial charge is 0.378 e. The molecule has 5 heteroatoms. The Hall–Kier alpha value is -1.43. The summed E-state index contributed by atoms with van der Waals surface area (Å²) in [5, 5.41) is 10.2. The zero-order chi connectivity index (χ0) is 13.8. The van der Waals surface area contributed by atoms with Gasteiger partial charge in [0.15, 0.2) is 6.10 Å². The third-order valence-electron chi connectivity index (χ3n) is 3.59. The van der Waals surface area contributed by atoms with Gasteiger partial charge in [0.2, 0.25) is 0 Å². The van der Waals surface area contributed by atoms with Crippen LogP contribution in [0, 0.1) is 0 Å². The number of nitrogens with zero attached hydrogens (tertiary/aromatic N) is 2. The molecule has 1 heterocycles. The molecule has 0 saturated carbocycles. The lowest BCUT2D eigenvalue weighted by molar-refractivity contribution is -0.145. The number of nitrogens with two attached hydrogens (primary N) is 1. The molecular formula is C14H21N3O2. The molecule has 1 aromatic carbocycles. The fourth-order valence-electron chi connectivity index (χ4n) is 2.44. The number of piperazine rings is 1. The minimum absolute atomic E-state index is 0.0235. The minimum Gasteiger partial charge on any atom is -0.378 e. The predicted molar refractivity (Wildman–Crippen MR) is 73.5 cm³/mol. The van der Waals surface area contributed by atoms with E-state index in [1.54, 1.807) is 17.0 Å². The normalized spacial score (nSPS) is 22.3. The summed E-state index contributed by atoms with van der Waals surface area (Å²) in [7, 11) is 2.01. The number of likely N-dealkylation sites (N-methyl/N-ethyl adjacent to an activating group) is 1. The summed E-state index contributed by atoms with van der Waals surface area (Å²) in [6, 6.07) is 8.99. The zero-order valence-electron chi connectivity index (χ0n) is 11.2. The van der Waals surface area contributed by atoms with Crippen molar-refractivity contribution in [2.75, 3.05) is 33.2 Å². The van der Waals surface area contributed by atoms with Crippen LogP contribution in [0.25, 0.3) is 0 Å². The number of benzene rings is 1. The van der Waals surface area contributed by atoms with E-state index in [9.17, 15) is 9.90 Å². The SMILES string of the molecule is CN1CCN(C(=O)C(O)c2ccccc2)C(CN)C1.